The van der Waals surface area contributed by atoms with Gasteiger partial charge in [0.15, 0.2) is 0 Å². The quantitative estimate of drug-likeness (QED) is 0.617. The Morgan fingerprint density at radius 1 is 1.36 bits per heavy atom. The summed E-state index contributed by atoms with van der Waals surface area (Å²) in [6.45, 7) is 8.08. The second-order valence-electron chi connectivity index (χ2n) is 6.18. The van der Waals surface area contributed by atoms with E-state index in [1.165, 1.54) is 6.20 Å². The molecule has 1 amide bonds. The van der Waals surface area contributed by atoms with Crippen LogP contribution < -0.4 is 11.1 Å². The minimum atomic E-state index is -0.261. The molecule has 6 nitrogen and oxygen atoms in total. The molecule has 25 heavy (non-hydrogen) atoms. The van der Waals surface area contributed by atoms with Crippen molar-refractivity contribution in [3.63, 3.8) is 0 Å². The molecule has 1 heterocycles. The molecule has 134 valence electrons. The van der Waals surface area contributed by atoms with Crippen LogP contribution in [0, 0.1) is 25.2 Å². The van der Waals surface area contributed by atoms with Gasteiger partial charge < -0.3 is 16.0 Å². The number of halogens is 1. The van der Waals surface area contributed by atoms with Gasteiger partial charge in [-0.3, -0.25) is 9.69 Å². The Balaban J connectivity index is 2.06. The zero-order chi connectivity index (χ0) is 18.4. The van der Waals surface area contributed by atoms with Crippen molar-refractivity contribution in [1.29, 1.82) is 5.26 Å². The van der Waals surface area contributed by atoms with E-state index in [1.54, 1.807) is 4.90 Å². The van der Waals surface area contributed by atoms with Gasteiger partial charge in [0.2, 0.25) is 0 Å². The van der Waals surface area contributed by atoms with E-state index in [9.17, 15) is 10.1 Å². The largest absolute Gasteiger partial charge is 0.359 e. The highest BCUT2D eigenvalue weighted by atomic mass is 35.5. The Morgan fingerprint density at radius 2 is 2.04 bits per heavy atom. The summed E-state index contributed by atoms with van der Waals surface area (Å²) in [4.78, 5) is 16.5. The highest BCUT2D eigenvalue weighted by molar-refractivity contribution is 6.33. The minimum absolute atomic E-state index is 0.0725. The summed E-state index contributed by atoms with van der Waals surface area (Å²) in [5.41, 5.74) is 8.36. The van der Waals surface area contributed by atoms with Gasteiger partial charge in [-0.1, -0.05) is 17.7 Å². The number of nitriles is 1. The SMILES string of the molecule is Cc1cc(C)c(N/C=C(/C#N)C(=O)N2CCN(CCN)CC2)c(Cl)c1. The van der Waals surface area contributed by atoms with Gasteiger partial charge in [-0.25, -0.2) is 0 Å². The molecule has 0 atom stereocenters. The Bertz CT molecular complexity index is 679. The molecule has 3 N–H and O–H groups in total. The number of rotatable bonds is 5. The van der Waals surface area contributed by atoms with Crippen LogP contribution in [0.15, 0.2) is 23.9 Å². The van der Waals surface area contributed by atoms with Gasteiger partial charge in [0.1, 0.15) is 11.6 Å². The van der Waals surface area contributed by atoms with Crippen LogP contribution in [0.25, 0.3) is 0 Å². The summed E-state index contributed by atoms with van der Waals surface area (Å²) in [5.74, 6) is -0.261. The van der Waals surface area contributed by atoms with Gasteiger partial charge in [-0.05, 0) is 31.0 Å². The lowest BCUT2D eigenvalue weighted by Gasteiger charge is -2.34. The molecule has 0 radical (unpaired) electrons. The molecule has 1 aromatic rings. The standard InChI is InChI=1S/C18H24ClN5O/c1-13-9-14(2)17(16(19)10-13)22-12-15(11-21)18(25)24-7-5-23(4-3-20)6-8-24/h9-10,12,22H,3-8,20H2,1-2H3/b15-12-. The van der Waals surface area contributed by atoms with Crippen molar-refractivity contribution in [1.82, 2.24) is 9.80 Å². The first-order valence-corrected chi connectivity index (χ1v) is 8.69. The van der Waals surface area contributed by atoms with Crippen molar-refractivity contribution in [2.24, 2.45) is 5.73 Å². The van der Waals surface area contributed by atoms with Crippen LogP contribution in [-0.2, 0) is 4.79 Å². The van der Waals surface area contributed by atoms with E-state index in [2.05, 4.69) is 10.2 Å². The summed E-state index contributed by atoms with van der Waals surface area (Å²) < 4.78 is 0. The Hall–Kier alpha value is -2.07. The summed E-state index contributed by atoms with van der Waals surface area (Å²) in [5, 5.41) is 12.9. The summed E-state index contributed by atoms with van der Waals surface area (Å²) in [7, 11) is 0. The highest BCUT2D eigenvalue weighted by Crippen LogP contribution is 2.27. The smallest absolute Gasteiger partial charge is 0.266 e. The first kappa shape index (κ1) is 19.3. The predicted octanol–water partition coefficient (Wildman–Crippen LogP) is 1.88. The lowest BCUT2D eigenvalue weighted by molar-refractivity contribution is -0.128. The van der Waals surface area contributed by atoms with Crippen molar-refractivity contribution in [2.45, 2.75) is 13.8 Å². The van der Waals surface area contributed by atoms with Gasteiger partial charge in [-0.15, -0.1) is 0 Å². The number of anilines is 1. The van der Waals surface area contributed by atoms with Crippen LogP contribution in [-0.4, -0.2) is 55.0 Å². The van der Waals surface area contributed by atoms with Crippen LogP contribution in [0.2, 0.25) is 5.02 Å². The average molecular weight is 362 g/mol. The minimum Gasteiger partial charge on any atom is -0.359 e. The fourth-order valence-electron chi connectivity index (χ4n) is 2.91. The molecule has 1 aliphatic rings. The maximum atomic E-state index is 12.6. The number of piperazine rings is 1. The fourth-order valence-corrected chi connectivity index (χ4v) is 3.29. The number of hydrogen-bond donors (Lipinski definition) is 2. The number of benzene rings is 1. The van der Waals surface area contributed by atoms with Gasteiger partial charge in [0, 0.05) is 45.5 Å². The van der Waals surface area contributed by atoms with Crippen LogP contribution in [0.1, 0.15) is 11.1 Å². The van der Waals surface area contributed by atoms with E-state index in [0.717, 1.165) is 30.8 Å². The third kappa shape index (κ3) is 4.95. The number of amides is 1. The molecular weight excluding hydrogens is 338 g/mol. The van der Waals surface area contributed by atoms with E-state index in [0.29, 0.717) is 30.3 Å². The molecule has 2 rings (SSSR count). The van der Waals surface area contributed by atoms with Crippen LogP contribution in [0.5, 0.6) is 0 Å². The normalized spacial score (nSPS) is 15.8. The molecule has 1 fully saturated rings. The zero-order valence-corrected chi connectivity index (χ0v) is 15.4. The van der Waals surface area contributed by atoms with Crippen LogP contribution in [0.4, 0.5) is 5.69 Å². The Labute approximate surface area is 153 Å². The summed E-state index contributed by atoms with van der Waals surface area (Å²) >= 11 is 6.25. The van der Waals surface area contributed by atoms with Gasteiger partial charge in [0.05, 0.1) is 10.7 Å². The van der Waals surface area contributed by atoms with E-state index >= 15 is 0 Å². The number of carbonyl (C=O) groups excluding carboxylic acids is 1. The van der Waals surface area contributed by atoms with Crippen molar-refractivity contribution in [3.8, 4) is 6.07 Å². The summed E-state index contributed by atoms with van der Waals surface area (Å²) in [6, 6.07) is 5.82. The predicted molar refractivity (Wildman–Crippen MR) is 100 cm³/mol. The van der Waals surface area contributed by atoms with Crippen molar-refractivity contribution in [2.75, 3.05) is 44.6 Å². The molecule has 0 saturated carbocycles. The Kier molecular flexibility index (Phi) is 6.82. The van der Waals surface area contributed by atoms with Crippen LogP contribution >= 0.6 is 11.6 Å². The maximum Gasteiger partial charge on any atom is 0.266 e. The lowest BCUT2D eigenvalue weighted by atomic mass is 10.1. The zero-order valence-electron chi connectivity index (χ0n) is 14.7. The first-order valence-electron chi connectivity index (χ1n) is 8.31. The second kappa shape index (κ2) is 8.86. The van der Waals surface area contributed by atoms with Crippen LogP contribution in [0.3, 0.4) is 0 Å². The molecule has 0 bridgehead atoms. The van der Waals surface area contributed by atoms with E-state index < -0.39 is 0 Å². The highest BCUT2D eigenvalue weighted by Gasteiger charge is 2.23. The molecule has 0 aromatic heterocycles. The molecule has 1 aromatic carbocycles. The number of hydrogen-bond acceptors (Lipinski definition) is 5. The topological polar surface area (TPSA) is 85.4 Å². The number of nitrogens with two attached hydrogens (primary N) is 1. The first-order chi connectivity index (χ1) is 12.0. The Morgan fingerprint density at radius 3 is 2.60 bits per heavy atom. The number of aryl methyl sites for hydroxylation is 2. The molecule has 1 saturated heterocycles. The number of carbonyl (C=O) groups is 1. The summed E-state index contributed by atoms with van der Waals surface area (Å²) in [6.07, 6.45) is 1.44. The fraction of sp³-hybridized carbons (Fsp3) is 0.444. The van der Waals surface area contributed by atoms with Crippen molar-refractivity contribution in [3.05, 3.63) is 40.1 Å². The van der Waals surface area contributed by atoms with Gasteiger partial charge >= 0.3 is 0 Å². The molecule has 7 heteroatoms. The third-order valence-corrected chi connectivity index (χ3v) is 4.55. The molecule has 1 aliphatic heterocycles. The molecule has 0 aliphatic carbocycles. The average Bonchev–Trinajstić information content (AvgIpc) is 2.58. The maximum absolute atomic E-state index is 12.6. The molecular formula is C18H24ClN5O. The monoisotopic (exact) mass is 361 g/mol. The molecule has 0 spiro atoms. The van der Waals surface area contributed by atoms with Crippen molar-refractivity contribution >= 4 is 23.2 Å². The third-order valence-electron chi connectivity index (χ3n) is 4.25. The van der Waals surface area contributed by atoms with E-state index in [4.69, 9.17) is 17.3 Å². The van der Waals surface area contributed by atoms with Gasteiger partial charge in [0.25, 0.3) is 5.91 Å². The van der Waals surface area contributed by atoms with Crippen molar-refractivity contribution < 1.29 is 4.79 Å². The number of nitrogens with one attached hydrogen (secondary N) is 1. The van der Waals surface area contributed by atoms with E-state index in [-0.39, 0.29) is 11.5 Å². The second-order valence-corrected chi connectivity index (χ2v) is 6.58. The van der Waals surface area contributed by atoms with Gasteiger partial charge in [-0.2, -0.15) is 5.26 Å². The van der Waals surface area contributed by atoms with E-state index in [1.807, 2.05) is 32.0 Å². The lowest BCUT2D eigenvalue weighted by Crippen LogP contribution is -2.50. The number of nitrogens with zero attached hydrogens (tertiary/aromatic N) is 3. The molecule has 0 unspecified atom stereocenters.